The number of benzene rings is 9. The van der Waals surface area contributed by atoms with Gasteiger partial charge >= 0.3 is 0 Å². The predicted octanol–water partition coefficient (Wildman–Crippen LogP) is 18.9. The highest BCUT2D eigenvalue weighted by Gasteiger charge is 2.37. The average Bonchev–Trinajstić information content (AvgIpc) is 3.94. The molecule has 0 saturated heterocycles. The lowest BCUT2D eigenvalue weighted by Crippen LogP contribution is -2.18. The average molecular weight is 895 g/mol. The van der Waals surface area contributed by atoms with Crippen LogP contribution in [-0.2, 0) is 10.8 Å². The first-order valence-corrected chi connectivity index (χ1v) is 24.7. The van der Waals surface area contributed by atoms with E-state index in [4.69, 9.17) is 0 Å². The number of nitrogens with zero attached hydrogens (tertiary/aromatic N) is 2. The van der Waals surface area contributed by atoms with Crippen LogP contribution in [0.15, 0.2) is 206 Å². The molecule has 2 aliphatic carbocycles. The number of anilines is 5. The van der Waals surface area contributed by atoms with Crippen LogP contribution in [0, 0.1) is 6.92 Å². The monoisotopic (exact) mass is 894 g/mol. The highest BCUT2D eigenvalue weighted by atomic mass is 32.1. The lowest BCUT2D eigenvalue weighted by molar-refractivity contribution is 0.660. The van der Waals surface area contributed by atoms with Crippen molar-refractivity contribution in [3.8, 4) is 22.3 Å². The molecule has 0 fully saturated rings. The van der Waals surface area contributed by atoms with E-state index in [0.29, 0.717) is 0 Å². The van der Waals surface area contributed by atoms with Crippen LogP contribution >= 0.6 is 11.3 Å². The van der Waals surface area contributed by atoms with Gasteiger partial charge in [0.25, 0.3) is 0 Å². The van der Waals surface area contributed by atoms with Crippen molar-refractivity contribution >= 4 is 81.5 Å². The summed E-state index contributed by atoms with van der Waals surface area (Å²) in [7, 11) is 0. The van der Waals surface area contributed by atoms with Crippen molar-refractivity contribution in [3.05, 3.63) is 234 Å². The highest BCUT2D eigenvalue weighted by molar-refractivity contribution is 7.27. The zero-order valence-electron chi connectivity index (χ0n) is 39.9. The summed E-state index contributed by atoms with van der Waals surface area (Å²) in [5.74, 6) is 0. The third-order valence-electron chi connectivity index (χ3n) is 15.1. The summed E-state index contributed by atoms with van der Waals surface area (Å²) in [6.07, 6.45) is 6.30. The van der Waals surface area contributed by atoms with E-state index < -0.39 is 0 Å². The molecule has 10 aromatic rings. The molecule has 0 aliphatic heterocycles. The van der Waals surface area contributed by atoms with E-state index in [1.54, 1.807) is 0 Å². The van der Waals surface area contributed by atoms with Crippen LogP contribution in [0.1, 0.15) is 69.4 Å². The van der Waals surface area contributed by atoms with Crippen molar-refractivity contribution < 1.29 is 0 Å². The van der Waals surface area contributed by atoms with Gasteiger partial charge in [-0.1, -0.05) is 167 Å². The smallest absolute Gasteiger partial charge is 0.0476 e. The van der Waals surface area contributed by atoms with Crippen molar-refractivity contribution in [2.45, 2.75) is 59.3 Å². The number of thiophene rings is 1. The Morgan fingerprint density at radius 1 is 0.471 bits per heavy atom. The molecule has 1 aromatic heterocycles. The summed E-state index contributed by atoms with van der Waals surface area (Å²) in [5, 5.41) is 7.68. The van der Waals surface area contributed by atoms with E-state index in [1.807, 2.05) is 17.4 Å². The van der Waals surface area contributed by atoms with Gasteiger partial charge in [0.2, 0.25) is 0 Å². The van der Waals surface area contributed by atoms with Crippen LogP contribution in [0.2, 0.25) is 0 Å². The Morgan fingerprint density at radius 3 is 1.66 bits per heavy atom. The van der Waals surface area contributed by atoms with Crippen LogP contribution in [0.5, 0.6) is 0 Å². The topological polar surface area (TPSA) is 6.48 Å². The van der Waals surface area contributed by atoms with Gasteiger partial charge in [0.1, 0.15) is 0 Å². The van der Waals surface area contributed by atoms with E-state index in [0.717, 1.165) is 39.7 Å². The number of fused-ring (bicyclic) bond motifs is 14. The molecule has 0 N–H and O–H groups in total. The molecule has 9 aromatic carbocycles. The molecule has 0 radical (unpaired) electrons. The molecular weight excluding hydrogens is 841 g/mol. The second-order valence-corrected chi connectivity index (χ2v) is 21.0. The first-order valence-electron chi connectivity index (χ1n) is 23.9. The Kier molecular flexibility index (Phi) is 9.59. The lowest BCUT2D eigenvalue weighted by Gasteiger charge is -2.29. The normalized spacial score (nSPS) is 14.6. The van der Waals surface area contributed by atoms with Crippen molar-refractivity contribution in [2.24, 2.45) is 0 Å². The summed E-state index contributed by atoms with van der Waals surface area (Å²) < 4.78 is 2.59. The third-order valence-corrected chi connectivity index (χ3v) is 16.3. The van der Waals surface area contributed by atoms with Crippen LogP contribution in [0.3, 0.4) is 0 Å². The molecule has 2 nitrogen and oxygen atoms in total. The molecule has 68 heavy (non-hydrogen) atoms. The van der Waals surface area contributed by atoms with Crippen LogP contribution in [-0.4, -0.2) is 0 Å². The van der Waals surface area contributed by atoms with Gasteiger partial charge in [-0.15, -0.1) is 11.3 Å². The second kappa shape index (κ2) is 15.6. The summed E-state index contributed by atoms with van der Waals surface area (Å²) >= 11 is 1.91. The maximum absolute atomic E-state index is 4.03. The molecule has 1 heterocycles. The quantitative estimate of drug-likeness (QED) is 0.111. The number of hydrogen-bond acceptors (Lipinski definition) is 3. The molecule has 0 bridgehead atoms. The van der Waals surface area contributed by atoms with Gasteiger partial charge in [-0.2, -0.15) is 0 Å². The zero-order valence-corrected chi connectivity index (χ0v) is 40.7. The van der Waals surface area contributed by atoms with E-state index in [9.17, 15) is 0 Å². The molecule has 0 unspecified atom stereocenters. The van der Waals surface area contributed by atoms with E-state index >= 15 is 0 Å². The van der Waals surface area contributed by atoms with Gasteiger partial charge in [0.15, 0.2) is 0 Å². The molecule has 0 atom stereocenters. The maximum atomic E-state index is 4.03. The van der Waals surface area contributed by atoms with Crippen LogP contribution < -0.4 is 9.80 Å². The fourth-order valence-corrected chi connectivity index (χ4v) is 12.8. The minimum absolute atomic E-state index is 0.101. The molecule has 0 spiro atoms. The number of aryl methyl sites for hydroxylation is 1. The van der Waals surface area contributed by atoms with E-state index in [-0.39, 0.29) is 10.8 Å². The summed E-state index contributed by atoms with van der Waals surface area (Å²) in [6.45, 7) is 20.0. The molecule has 0 saturated carbocycles. The minimum atomic E-state index is -0.113. The van der Waals surface area contributed by atoms with Gasteiger partial charge in [-0.3, -0.25) is 0 Å². The third kappa shape index (κ3) is 6.36. The summed E-state index contributed by atoms with van der Waals surface area (Å²) in [4.78, 5) is 4.88. The maximum Gasteiger partial charge on any atom is 0.0476 e. The van der Waals surface area contributed by atoms with Gasteiger partial charge in [-0.05, 0) is 148 Å². The molecule has 330 valence electrons. The zero-order chi connectivity index (χ0) is 46.6. The van der Waals surface area contributed by atoms with Crippen molar-refractivity contribution in [2.75, 3.05) is 9.80 Å². The second-order valence-electron chi connectivity index (χ2n) is 20.0. The fourth-order valence-electron chi connectivity index (χ4n) is 11.5. The highest BCUT2D eigenvalue weighted by Crippen LogP contribution is 2.53. The number of allylic oxidation sites excluding steroid dienone is 5. The Hall–Kier alpha value is -7.46. The van der Waals surface area contributed by atoms with Gasteiger partial charge in [0.05, 0.1) is 0 Å². The SMILES string of the molecule is C=C/C(C)=C\C=C(/C)N(c1ccc2c(c1)C(C)(C)c1ccccc1-2)c1ccc2c(c1)c1ccccc1c1c3ccc(N(c4ccc(C)cc4)c4ccc5c(c4)C(C)(C)c4ccccc4-5)cc3sc21. The molecule has 3 heteroatoms. The summed E-state index contributed by atoms with van der Waals surface area (Å²) in [6, 6.07) is 64.2. The lowest BCUT2D eigenvalue weighted by atomic mass is 9.82. The van der Waals surface area contributed by atoms with Crippen molar-refractivity contribution in [1.82, 2.24) is 0 Å². The first-order chi connectivity index (χ1) is 32.9. The largest absolute Gasteiger partial charge is 0.314 e. The van der Waals surface area contributed by atoms with Crippen LogP contribution in [0.4, 0.5) is 28.4 Å². The van der Waals surface area contributed by atoms with Crippen LogP contribution in [0.25, 0.3) is 64.0 Å². The Bertz CT molecular complexity index is 3800. The predicted molar refractivity (Wildman–Crippen MR) is 295 cm³/mol. The molecule has 2 aliphatic rings. The fraction of sp³-hybridized carbons (Fsp3) is 0.138. The van der Waals surface area contributed by atoms with Gasteiger partial charge in [0, 0.05) is 70.5 Å². The standard InChI is InChI=1S/C65H54N2S/c1-9-40(2)22-25-42(4)66(45-28-32-51-49-17-12-14-20-57(49)64(5,6)59(51)37-45)44-30-34-54-56(36-44)48-16-10-11-19-53(48)62-55-35-31-47(39-61(55)68-63(54)62)67(43-26-23-41(3)24-27-43)46-29-33-52-50-18-13-15-21-58(50)65(7,8)60(52)38-46/h9-39H,1H2,2-8H3/b40-22-,42-25+. The van der Waals surface area contributed by atoms with Gasteiger partial charge in [-0.25, -0.2) is 0 Å². The molecule has 12 rings (SSSR count). The Morgan fingerprint density at radius 2 is 0.985 bits per heavy atom. The number of hydrogen-bond donors (Lipinski definition) is 0. The summed E-state index contributed by atoms with van der Waals surface area (Å²) in [5.41, 5.74) is 19.9. The minimum Gasteiger partial charge on any atom is -0.314 e. The van der Waals surface area contributed by atoms with Crippen molar-refractivity contribution in [1.29, 1.82) is 0 Å². The van der Waals surface area contributed by atoms with Crippen molar-refractivity contribution in [3.63, 3.8) is 0 Å². The molecular formula is C65H54N2S. The van der Waals surface area contributed by atoms with Gasteiger partial charge < -0.3 is 9.80 Å². The van der Waals surface area contributed by atoms with E-state index in [1.165, 1.54) is 91.8 Å². The molecule has 0 amide bonds. The van der Waals surface area contributed by atoms with E-state index in [2.05, 4.69) is 247 Å². The first kappa shape index (κ1) is 41.9. The Labute approximate surface area is 404 Å². The Balaban J connectivity index is 1.02. The number of rotatable bonds is 8.